The van der Waals surface area contributed by atoms with Crippen LogP contribution < -0.4 is 10.9 Å². The zero-order chi connectivity index (χ0) is 41.9. The minimum Gasteiger partial charge on any atom is -0.506 e. The second kappa shape index (κ2) is 20.3. The Morgan fingerprint density at radius 2 is 1.61 bits per heavy atom. The number of piperidine rings is 1. The number of carbonyl (C=O) groups excluding carboxylic acids is 3. The zero-order valence-electron chi connectivity index (χ0n) is 34.3. The van der Waals surface area contributed by atoms with Gasteiger partial charge >= 0.3 is 6.09 Å². The molecule has 4 N–H and O–H groups in total. The molecule has 0 radical (unpaired) electrons. The minimum absolute atomic E-state index is 0.0324. The lowest BCUT2D eigenvalue weighted by atomic mass is 9.92. The Labute approximate surface area is 346 Å². The van der Waals surface area contributed by atoms with Crippen LogP contribution in [0.3, 0.4) is 0 Å². The van der Waals surface area contributed by atoms with Crippen LogP contribution in [-0.4, -0.2) is 82.1 Å². The van der Waals surface area contributed by atoms with Crippen LogP contribution in [0.1, 0.15) is 78.9 Å². The highest BCUT2D eigenvalue weighted by atomic mass is 16.6. The van der Waals surface area contributed by atoms with Crippen LogP contribution in [0, 0.1) is 13.8 Å². The number of hydrogen-bond acceptors (Lipinski definition) is 8. The van der Waals surface area contributed by atoms with E-state index in [-0.39, 0.29) is 29.1 Å². The maximum absolute atomic E-state index is 13.0. The number of pyridine rings is 1. The maximum Gasteiger partial charge on any atom is 0.411 e. The lowest BCUT2D eigenvalue weighted by Gasteiger charge is -2.31. The van der Waals surface area contributed by atoms with Gasteiger partial charge in [0.25, 0.3) is 0 Å². The van der Waals surface area contributed by atoms with E-state index >= 15 is 0 Å². The molecule has 5 aromatic rings. The third-order valence-corrected chi connectivity index (χ3v) is 11.4. The summed E-state index contributed by atoms with van der Waals surface area (Å²) >= 11 is 0. The Balaban J connectivity index is 0.863. The lowest BCUT2D eigenvalue weighted by Crippen LogP contribution is -2.40. The van der Waals surface area contributed by atoms with E-state index in [1.54, 1.807) is 24.1 Å². The first-order valence-corrected chi connectivity index (χ1v) is 20.7. The maximum atomic E-state index is 13.0. The van der Waals surface area contributed by atoms with Crippen LogP contribution in [0.4, 0.5) is 10.5 Å². The van der Waals surface area contributed by atoms with Crippen molar-refractivity contribution in [2.75, 3.05) is 38.5 Å². The molecule has 1 saturated heterocycles. The third kappa shape index (κ3) is 11.7. The minimum atomic E-state index is -0.751. The van der Waals surface area contributed by atoms with Crippen molar-refractivity contribution in [1.29, 1.82) is 0 Å². The Morgan fingerprint density at radius 1 is 0.898 bits per heavy atom. The molecule has 0 aliphatic carbocycles. The molecule has 2 amide bonds. The number of anilines is 1. The number of phenols is 1. The summed E-state index contributed by atoms with van der Waals surface area (Å²) in [6, 6.07) is 28.0. The van der Waals surface area contributed by atoms with Crippen molar-refractivity contribution in [1.82, 2.24) is 14.8 Å². The van der Waals surface area contributed by atoms with Gasteiger partial charge in [-0.2, -0.15) is 0 Å². The highest BCUT2D eigenvalue weighted by Gasteiger charge is 2.24. The van der Waals surface area contributed by atoms with Gasteiger partial charge in [0.1, 0.15) is 17.6 Å². The summed E-state index contributed by atoms with van der Waals surface area (Å²) in [5.74, 6) is 0.162. The monoisotopic (exact) mass is 800 g/mol. The molecule has 310 valence electrons. The van der Waals surface area contributed by atoms with Gasteiger partial charge in [0.05, 0.1) is 17.3 Å². The first kappa shape index (κ1) is 42.8. The Bertz CT molecular complexity index is 2300. The molecular formula is C48H56N4O7. The van der Waals surface area contributed by atoms with E-state index in [1.807, 2.05) is 68.4 Å². The summed E-state index contributed by atoms with van der Waals surface area (Å²) in [5.41, 5.74) is 7.67. The number of aromatic nitrogens is 1. The van der Waals surface area contributed by atoms with E-state index in [0.717, 1.165) is 53.7 Å². The van der Waals surface area contributed by atoms with Crippen molar-refractivity contribution in [3.05, 3.63) is 129 Å². The number of para-hydroxylation sites is 1. The molecule has 1 aliphatic rings. The van der Waals surface area contributed by atoms with E-state index in [1.165, 1.54) is 17.7 Å². The molecule has 4 aromatic carbocycles. The Kier molecular flexibility index (Phi) is 14.7. The number of aryl methyl sites for hydroxylation is 3. The molecule has 1 aliphatic heterocycles. The van der Waals surface area contributed by atoms with Gasteiger partial charge < -0.3 is 29.7 Å². The molecule has 59 heavy (non-hydrogen) atoms. The first-order valence-electron chi connectivity index (χ1n) is 20.7. The number of Topliss-reactive ketones (excluding diaryl/α,β-unsaturated/α-hetero) is 1. The number of aromatic hydroxyl groups is 1. The number of ketones is 1. The van der Waals surface area contributed by atoms with Crippen LogP contribution in [0.5, 0.6) is 5.75 Å². The highest BCUT2D eigenvalue weighted by Crippen LogP contribution is 2.32. The molecule has 0 unspecified atom stereocenters. The van der Waals surface area contributed by atoms with Gasteiger partial charge in [-0.05, 0) is 104 Å². The number of rotatable bonds is 17. The quantitative estimate of drug-likeness (QED) is 0.0738. The van der Waals surface area contributed by atoms with E-state index in [2.05, 4.69) is 27.3 Å². The van der Waals surface area contributed by atoms with Crippen molar-refractivity contribution in [3.63, 3.8) is 0 Å². The summed E-state index contributed by atoms with van der Waals surface area (Å²) in [4.78, 5) is 57.1. The molecule has 0 saturated carbocycles. The Hall–Kier alpha value is -5.78. The van der Waals surface area contributed by atoms with E-state index in [9.17, 15) is 29.4 Å². The number of fused-ring (bicyclic) bond motifs is 1. The van der Waals surface area contributed by atoms with Crippen LogP contribution in [0.15, 0.2) is 95.8 Å². The molecule has 11 nitrogen and oxygen atoms in total. The summed E-state index contributed by atoms with van der Waals surface area (Å²) in [6.07, 6.45) is 3.77. The molecule has 0 bridgehead atoms. The first-order chi connectivity index (χ1) is 28.4. The van der Waals surface area contributed by atoms with Crippen LogP contribution in [0.25, 0.3) is 22.0 Å². The van der Waals surface area contributed by atoms with E-state index in [0.29, 0.717) is 80.2 Å². The number of ether oxygens (including phenoxy) is 1. The fraction of sp³-hybridized carbons (Fsp3) is 0.375. The number of aliphatic hydroxyl groups excluding tert-OH is 1. The van der Waals surface area contributed by atoms with Crippen molar-refractivity contribution >= 4 is 34.4 Å². The SMILES string of the molecule is Cc1cc(CC(=O)CCCN(C)C(=O)CCN2CCC(OC(=O)Nc3ccccc3-c3ccccc3)CC2)c(C)cc1CCC[C@H](O)c1ccc(O)c2[nH]c(=O)ccc12. The van der Waals surface area contributed by atoms with Gasteiger partial charge in [-0.1, -0.05) is 66.7 Å². The van der Waals surface area contributed by atoms with Gasteiger partial charge in [-0.25, -0.2) is 4.79 Å². The Morgan fingerprint density at radius 3 is 2.39 bits per heavy atom. The summed E-state index contributed by atoms with van der Waals surface area (Å²) in [7, 11) is 1.79. The number of amides is 2. The molecule has 6 rings (SSSR count). The summed E-state index contributed by atoms with van der Waals surface area (Å²) < 4.78 is 5.77. The average Bonchev–Trinajstić information content (AvgIpc) is 3.22. The number of aromatic amines is 1. The number of benzene rings is 4. The number of likely N-dealkylation sites (tertiary alicyclic amines) is 1. The fourth-order valence-corrected chi connectivity index (χ4v) is 7.97. The predicted octanol–water partition coefficient (Wildman–Crippen LogP) is 8.03. The number of aliphatic hydroxyl groups is 1. The molecule has 11 heteroatoms. The molecular weight excluding hydrogens is 745 g/mol. The van der Waals surface area contributed by atoms with Gasteiger partial charge in [0, 0.05) is 69.5 Å². The predicted molar refractivity (Wildman–Crippen MR) is 232 cm³/mol. The summed E-state index contributed by atoms with van der Waals surface area (Å²) in [6.45, 7) is 6.72. The van der Waals surface area contributed by atoms with Crippen molar-refractivity contribution in [2.45, 2.75) is 83.8 Å². The van der Waals surface area contributed by atoms with Gasteiger partial charge in [-0.15, -0.1) is 0 Å². The topological polar surface area (TPSA) is 152 Å². The highest BCUT2D eigenvalue weighted by molar-refractivity contribution is 5.91. The fourth-order valence-electron chi connectivity index (χ4n) is 7.97. The molecule has 0 spiro atoms. The van der Waals surface area contributed by atoms with Crippen molar-refractivity contribution in [2.24, 2.45) is 0 Å². The number of nitrogens with one attached hydrogen (secondary N) is 2. The number of hydrogen-bond donors (Lipinski definition) is 4. The summed E-state index contributed by atoms with van der Waals surface area (Å²) in [5, 5.41) is 24.7. The number of phenolic OH excluding ortho intramolecular Hbond substituents is 1. The number of carbonyl (C=O) groups is 3. The largest absolute Gasteiger partial charge is 0.506 e. The van der Waals surface area contributed by atoms with Gasteiger partial charge in [0.2, 0.25) is 11.5 Å². The molecule has 1 aromatic heterocycles. The molecule has 1 atom stereocenters. The normalized spacial score (nSPS) is 13.9. The van der Waals surface area contributed by atoms with Gasteiger partial charge in [0.15, 0.2) is 0 Å². The third-order valence-electron chi connectivity index (χ3n) is 11.4. The standard InChI is InChI=1S/C48H56N4O7/c1-32-30-36(33(2)29-35(32)13-9-17-43(54)40-18-20-44(55)47-41(40)19-21-45(56)50-47)31-37(53)14-10-25-51(3)46(57)24-28-52-26-22-38(23-27-52)59-48(58)49-42-16-8-7-15-39(42)34-11-5-4-6-12-34/h4-8,11-12,15-16,18-21,29-30,38,43,54-55H,9-10,13-14,17,22-28,31H2,1-3H3,(H,49,58)(H,50,56)/t43-/m0/s1. The van der Waals surface area contributed by atoms with Gasteiger partial charge in [-0.3, -0.25) is 19.7 Å². The number of nitrogens with zero attached hydrogens (tertiary/aromatic N) is 2. The van der Waals surface area contributed by atoms with Crippen molar-refractivity contribution in [3.8, 4) is 16.9 Å². The van der Waals surface area contributed by atoms with Crippen LogP contribution in [0.2, 0.25) is 0 Å². The van der Waals surface area contributed by atoms with E-state index < -0.39 is 12.2 Å². The number of H-pyrrole nitrogens is 1. The second-order valence-electron chi connectivity index (χ2n) is 15.8. The average molecular weight is 801 g/mol. The zero-order valence-corrected chi connectivity index (χ0v) is 34.3. The van der Waals surface area contributed by atoms with Crippen LogP contribution in [-0.2, 0) is 27.2 Å². The second-order valence-corrected chi connectivity index (χ2v) is 15.8. The van der Waals surface area contributed by atoms with Crippen molar-refractivity contribution < 1.29 is 29.3 Å². The van der Waals surface area contributed by atoms with E-state index in [4.69, 9.17) is 4.74 Å². The lowest BCUT2D eigenvalue weighted by molar-refractivity contribution is -0.130. The molecule has 2 heterocycles. The van der Waals surface area contributed by atoms with Crippen LogP contribution >= 0.6 is 0 Å². The smallest absolute Gasteiger partial charge is 0.411 e. The molecule has 1 fully saturated rings.